The Kier molecular flexibility index (Phi) is 5.86. The number of allylic oxidation sites excluding steroid dienone is 1. The second-order valence-electron chi connectivity index (χ2n) is 4.08. The maximum atomic E-state index is 11.0. The van der Waals surface area contributed by atoms with Crippen molar-refractivity contribution in [1.82, 2.24) is 0 Å². The zero-order chi connectivity index (χ0) is 11.8. The molecule has 0 bridgehead atoms. The highest BCUT2D eigenvalue weighted by molar-refractivity contribution is 5.86. The van der Waals surface area contributed by atoms with Crippen molar-refractivity contribution >= 4 is 5.97 Å². The molecule has 0 radical (unpaired) electrons. The van der Waals surface area contributed by atoms with Crippen LogP contribution in [-0.4, -0.2) is 25.8 Å². The van der Waals surface area contributed by atoms with Crippen LogP contribution in [0, 0.1) is 0 Å². The molecule has 0 saturated heterocycles. The van der Waals surface area contributed by atoms with Crippen LogP contribution in [0.2, 0.25) is 0 Å². The molecule has 90 valence electrons. The van der Waals surface area contributed by atoms with Crippen molar-refractivity contribution in [1.29, 1.82) is 0 Å². The molecule has 0 saturated carbocycles. The maximum absolute atomic E-state index is 11.0. The van der Waals surface area contributed by atoms with E-state index in [1.165, 1.54) is 24.8 Å². The molecule has 0 spiro atoms. The zero-order valence-corrected chi connectivity index (χ0v) is 9.96. The second kappa shape index (κ2) is 7.23. The average molecular weight is 224 g/mol. The van der Waals surface area contributed by atoms with E-state index in [2.05, 4.69) is 12.7 Å². The van der Waals surface area contributed by atoms with Gasteiger partial charge in [0.15, 0.2) is 0 Å². The lowest BCUT2D eigenvalue weighted by molar-refractivity contribution is -0.140. The summed E-state index contributed by atoms with van der Waals surface area (Å²) >= 11 is 0. The van der Waals surface area contributed by atoms with Gasteiger partial charge in [0.2, 0.25) is 0 Å². The molecule has 0 unspecified atom stereocenters. The Morgan fingerprint density at radius 1 is 1.44 bits per heavy atom. The number of hydrogen-bond acceptors (Lipinski definition) is 3. The fourth-order valence-electron chi connectivity index (χ4n) is 1.56. The van der Waals surface area contributed by atoms with Crippen LogP contribution in [0.4, 0.5) is 0 Å². The molecule has 16 heavy (non-hydrogen) atoms. The standard InChI is InChI=1S/C13H20O3/c1-11(2)13(14)16-9-8-15-10-12-6-4-3-5-7-12/h6H,1,3-5,7-10H2,2H3. The first-order valence-electron chi connectivity index (χ1n) is 5.78. The molecule has 0 aliphatic heterocycles. The van der Waals surface area contributed by atoms with Crippen molar-refractivity contribution in [3.8, 4) is 0 Å². The van der Waals surface area contributed by atoms with E-state index in [4.69, 9.17) is 9.47 Å². The van der Waals surface area contributed by atoms with Crippen molar-refractivity contribution in [2.24, 2.45) is 0 Å². The Morgan fingerprint density at radius 2 is 2.25 bits per heavy atom. The SMILES string of the molecule is C=C(C)C(=O)OCCOCC1=CCCCC1. The van der Waals surface area contributed by atoms with E-state index >= 15 is 0 Å². The molecule has 1 rings (SSSR count). The zero-order valence-electron chi connectivity index (χ0n) is 9.96. The summed E-state index contributed by atoms with van der Waals surface area (Å²) in [6, 6.07) is 0. The van der Waals surface area contributed by atoms with Crippen molar-refractivity contribution in [3.05, 3.63) is 23.8 Å². The number of rotatable bonds is 6. The summed E-state index contributed by atoms with van der Waals surface area (Å²) in [6.07, 6.45) is 7.12. The van der Waals surface area contributed by atoms with Crippen LogP contribution < -0.4 is 0 Å². The molecular formula is C13H20O3. The Bertz CT molecular complexity index is 279. The van der Waals surface area contributed by atoms with Gasteiger partial charge in [0, 0.05) is 5.57 Å². The van der Waals surface area contributed by atoms with Crippen LogP contribution >= 0.6 is 0 Å². The van der Waals surface area contributed by atoms with E-state index in [1.54, 1.807) is 6.92 Å². The van der Waals surface area contributed by atoms with E-state index < -0.39 is 0 Å². The average Bonchev–Trinajstić information content (AvgIpc) is 2.29. The summed E-state index contributed by atoms with van der Waals surface area (Å²) in [5, 5.41) is 0. The molecule has 1 aliphatic carbocycles. The highest BCUT2D eigenvalue weighted by Crippen LogP contribution is 2.17. The van der Waals surface area contributed by atoms with Crippen molar-refractivity contribution < 1.29 is 14.3 Å². The Balaban J connectivity index is 2.01. The number of carbonyl (C=O) groups is 1. The molecule has 0 heterocycles. The molecule has 1 aliphatic rings. The van der Waals surface area contributed by atoms with Gasteiger partial charge in [-0.15, -0.1) is 0 Å². The summed E-state index contributed by atoms with van der Waals surface area (Å²) in [7, 11) is 0. The first-order valence-corrected chi connectivity index (χ1v) is 5.78. The van der Waals surface area contributed by atoms with E-state index in [0.29, 0.717) is 25.4 Å². The van der Waals surface area contributed by atoms with Crippen LogP contribution in [0.25, 0.3) is 0 Å². The molecule has 0 atom stereocenters. The lowest BCUT2D eigenvalue weighted by Crippen LogP contribution is -2.12. The predicted molar refractivity (Wildman–Crippen MR) is 63.1 cm³/mol. The van der Waals surface area contributed by atoms with E-state index in [1.807, 2.05) is 0 Å². The van der Waals surface area contributed by atoms with Gasteiger partial charge in [-0.2, -0.15) is 0 Å². The van der Waals surface area contributed by atoms with E-state index in [9.17, 15) is 4.79 Å². The second-order valence-corrected chi connectivity index (χ2v) is 4.08. The van der Waals surface area contributed by atoms with Gasteiger partial charge in [0.1, 0.15) is 6.61 Å². The fraction of sp³-hybridized carbons (Fsp3) is 0.615. The van der Waals surface area contributed by atoms with Crippen LogP contribution in [-0.2, 0) is 14.3 Å². The number of ether oxygens (including phenoxy) is 2. The van der Waals surface area contributed by atoms with Crippen molar-refractivity contribution in [2.75, 3.05) is 19.8 Å². The highest BCUT2D eigenvalue weighted by Gasteiger charge is 2.04. The first-order chi connectivity index (χ1) is 7.70. The summed E-state index contributed by atoms with van der Waals surface area (Å²) in [5.41, 5.74) is 1.80. The maximum Gasteiger partial charge on any atom is 0.333 e. The number of hydrogen-bond donors (Lipinski definition) is 0. The summed E-state index contributed by atoms with van der Waals surface area (Å²) in [5.74, 6) is -0.347. The third-order valence-corrected chi connectivity index (χ3v) is 2.48. The quantitative estimate of drug-likeness (QED) is 0.301. The highest BCUT2D eigenvalue weighted by atomic mass is 16.6. The first kappa shape index (κ1) is 13.0. The lowest BCUT2D eigenvalue weighted by Gasteiger charge is -2.12. The smallest absolute Gasteiger partial charge is 0.333 e. The Labute approximate surface area is 97.1 Å². The van der Waals surface area contributed by atoms with Crippen molar-refractivity contribution in [2.45, 2.75) is 32.6 Å². The molecule has 0 fully saturated rings. The molecule has 0 N–H and O–H groups in total. The number of esters is 1. The van der Waals surface area contributed by atoms with Crippen LogP contribution in [0.3, 0.4) is 0 Å². The third-order valence-electron chi connectivity index (χ3n) is 2.48. The van der Waals surface area contributed by atoms with Crippen LogP contribution in [0.5, 0.6) is 0 Å². The summed E-state index contributed by atoms with van der Waals surface area (Å²) in [4.78, 5) is 11.0. The molecule has 0 aromatic rings. The van der Waals surface area contributed by atoms with Gasteiger partial charge >= 0.3 is 5.97 Å². The van der Waals surface area contributed by atoms with Gasteiger partial charge in [-0.3, -0.25) is 0 Å². The Morgan fingerprint density at radius 3 is 2.88 bits per heavy atom. The monoisotopic (exact) mass is 224 g/mol. The van der Waals surface area contributed by atoms with Crippen LogP contribution in [0.1, 0.15) is 32.6 Å². The van der Waals surface area contributed by atoms with E-state index in [-0.39, 0.29) is 5.97 Å². The van der Waals surface area contributed by atoms with E-state index in [0.717, 1.165) is 6.42 Å². The molecule has 3 heteroatoms. The minimum absolute atomic E-state index is 0.305. The number of carbonyl (C=O) groups excluding carboxylic acids is 1. The van der Waals surface area contributed by atoms with Gasteiger partial charge < -0.3 is 9.47 Å². The fourth-order valence-corrected chi connectivity index (χ4v) is 1.56. The summed E-state index contributed by atoms with van der Waals surface area (Å²) in [6.45, 7) is 6.57. The predicted octanol–water partition coefficient (Wildman–Crippen LogP) is 2.62. The third kappa shape index (κ3) is 5.12. The molecular weight excluding hydrogens is 204 g/mol. The minimum Gasteiger partial charge on any atom is -0.460 e. The van der Waals surface area contributed by atoms with Gasteiger partial charge in [-0.1, -0.05) is 12.7 Å². The van der Waals surface area contributed by atoms with Gasteiger partial charge in [0.05, 0.1) is 13.2 Å². The molecule has 0 amide bonds. The molecule has 0 aromatic carbocycles. The largest absolute Gasteiger partial charge is 0.460 e. The topological polar surface area (TPSA) is 35.5 Å². The normalized spacial score (nSPS) is 15.4. The Hall–Kier alpha value is -1.09. The van der Waals surface area contributed by atoms with Gasteiger partial charge in [-0.25, -0.2) is 4.79 Å². The minimum atomic E-state index is -0.347. The molecule has 3 nitrogen and oxygen atoms in total. The molecule has 0 aromatic heterocycles. The summed E-state index contributed by atoms with van der Waals surface area (Å²) < 4.78 is 10.3. The lowest BCUT2D eigenvalue weighted by atomic mass is 10.0. The van der Waals surface area contributed by atoms with Gasteiger partial charge in [-0.05, 0) is 38.2 Å². The van der Waals surface area contributed by atoms with Gasteiger partial charge in [0.25, 0.3) is 0 Å². The van der Waals surface area contributed by atoms with Crippen molar-refractivity contribution in [3.63, 3.8) is 0 Å². The van der Waals surface area contributed by atoms with Crippen LogP contribution in [0.15, 0.2) is 23.8 Å².